The van der Waals surface area contributed by atoms with Crippen LogP contribution in [0.1, 0.15) is 5.56 Å². The summed E-state index contributed by atoms with van der Waals surface area (Å²) in [6, 6.07) is 7.95. The van der Waals surface area contributed by atoms with Crippen molar-refractivity contribution in [2.45, 2.75) is 6.61 Å². The Labute approximate surface area is 188 Å². The summed E-state index contributed by atoms with van der Waals surface area (Å²) in [6.45, 7) is -0.0872. The van der Waals surface area contributed by atoms with Crippen LogP contribution in [0.2, 0.25) is 0 Å². The smallest absolute Gasteiger partial charge is 0.227 e. The van der Waals surface area contributed by atoms with E-state index in [2.05, 4.69) is 19.6 Å². The van der Waals surface area contributed by atoms with Crippen molar-refractivity contribution in [2.24, 2.45) is 4.36 Å². The number of benzene rings is 2. The predicted molar refractivity (Wildman–Crippen MR) is 114 cm³/mol. The number of fused-ring (bicyclic) bond motifs is 1. The molecule has 2 aromatic heterocycles. The first-order valence-corrected chi connectivity index (χ1v) is 10.3. The molecule has 4 rings (SSSR count). The number of nitriles is 1. The Morgan fingerprint density at radius 2 is 2.03 bits per heavy atom. The number of hydrogen-bond acceptors (Lipinski definition) is 8. The standard InChI is InChI=1S/C21H14F3N5O3S/c1-30-33(27-11-25)32-10-12-6-13(22)8-14(7-12)28-21-26-9-18(24)19(29-21)16-2-3-17(23)15-4-5-31-20(15)16/h2-9H,10H2,1H3,(H,26,28,29). The quantitative estimate of drug-likeness (QED) is 0.362. The van der Waals surface area contributed by atoms with Gasteiger partial charge in [0.1, 0.15) is 22.9 Å². The van der Waals surface area contributed by atoms with E-state index in [-0.39, 0.29) is 40.5 Å². The van der Waals surface area contributed by atoms with Crippen LogP contribution in [0.15, 0.2) is 57.6 Å². The van der Waals surface area contributed by atoms with Crippen LogP contribution in [0.3, 0.4) is 0 Å². The Bertz CT molecular complexity index is 1400. The minimum Gasteiger partial charge on any atom is -0.464 e. The molecular weight excluding hydrogens is 459 g/mol. The van der Waals surface area contributed by atoms with Gasteiger partial charge >= 0.3 is 0 Å². The number of hydrogen-bond donors (Lipinski definition) is 1. The maximum atomic E-state index is 14.5. The van der Waals surface area contributed by atoms with Crippen molar-refractivity contribution in [1.29, 1.82) is 5.26 Å². The lowest BCUT2D eigenvalue weighted by atomic mass is 10.1. The number of aromatic nitrogens is 2. The fourth-order valence-corrected chi connectivity index (χ4v) is 3.56. The molecule has 8 nitrogen and oxygen atoms in total. The van der Waals surface area contributed by atoms with Gasteiger partial charge in [0.25, 0.3) is 0 Å². The normalized spacial score (nSPS) is 12.1. The van der Waals surface area contributed by atoms with Crippen molar-refractivity contribution in [3.05, 3.63) is 71.9 Å². The van der Waals surface area contributed by atoms with Gasteiger partial charge in [-0.2, -0.15) is 5.26 Å². The molecule has 1 unspecified atom stereocenters. The zero-order valence-electron chi connectivity index (χ0n) is 16.9. The summed E-state index contributed by atoms with van der Waals surface area (Å²) in [5, 5.41) is 11.6. The molecule has 33 heavy (non-hydrogen) atoms. The van der Waals surface area contributed by atoms with Gasteiger partial charge in [-0.1, -0.05) is 4.36 Å². The summed E-state index contributed by atoms with van der Waals surface area (Å²) in [6.07, 6.45) is 3.81. The zero-order valence-corrected chi connectivity index (χ0v) is 17.7. The first-order valence-electron chi connectivity index (χ1n) is 9.25. The summed E-state index contributed by atoms with van der Waals surface area (Å²) in [7, 11) is 1.32. The third kappa shape index (κ3) is 5.01. The number of nitrogens with zero attached hydrogens (tertiary/aromatic N) is 4. The summed E-state index contributed by atoms with van der Waals surface area (Å²) >= 11 is -1.40. The van der Waals surface area contributed by atoms with Gasteiger partial charge in [-0.05, 0) is 42.0 Å². The van der Waals surface area contributed by atoms with Crippen molar-refractivity contribution in [3.63, 3.8) is 0 Å². The fraction of sp³-hybridized carbons (Fsp3) is 0.0952. The first kappa shape index (κ1) is 22.4. The largest absolute Gasteiger partial charge is 0.464 e. The summed E-state index contributed by atoms with van der Waals surface area (Å²) in [4.78, 5) is 8.06. The Morgan fingerprint density at radius 1 is 1.18 bits per heavy atom. The number of halogens is 3. The highest BCUT2D eigenvalue weighted by Gasteiger charge is 2.17. The van der Waals surface area contributed by atoms with Crippen molar-refractivity contribution in [3.8, 4) is 17.5 Å². The lowest BCUT2D eigenvalue weighted by molar-refractivity contribution is 0.297. The van der Waals surface area contributed by atoms with E-state index in [0.29, 0.717) is 5.56 Å². The van der Waals surface area contributed by atoms with Crippen LogP contribution in [-0.2, 0) is 26.2 Å². The molecule has 0 saturated heterocycles. The number of nitrogens with one attached hydrogen (secondary N) is 1. The molecule has 1 atom stereocenters. The molecule has 1 N–H and O–H groups in total. The average molecular weight is 473 g/mol. The molecule has 0 bridgehead atoms. The molecule has 0 radical (unpaired) electrons. The minimum atomic E-state index is -1.40. The second-order valence-electron chi connectivity index (χ2n) is 6.46. The Hall–Kier alpha value is -3.79. The SMILES string of the molecule is CO/S(=N/C#N)OCc1cc(F)cc(Nc2ncc(F)c(-c3ccc(F)c4ccoc34)n2)c1. The molecular formula is C21H14F3N5O3S. The molecule has 0 amide bonds. The number of rotatable bonds is 7. The Kier molecular flexibility index (Phi) is 6.64. The third-order valence-corrected chi connectivity index (χ3v) is 5.20. The lowest BCUT2D eigenvalue weighted by Gasteiger charge is -2.10. The van der Waals surface area contributed by atoms with E-state index in [4.69, 9.17) is 18.0 Å². The molecule has 0 spiro atoms. The van der Waals surface area contributed by atoms with E-state index in [1.165, 1.54) is 43.7 Å². The highest BCUT2D eigenvalue weighted by Crippen LogP contribution is 2.32. The molecule has 2 aromatic carbocycles. The second-order valence-corrected chi connectivity index (χ2v) is 7.64. The Morgan fingerprint density at radius 3 is 2.82 bits per heavy atom. The highest BCUT2D eigenvalue weighted by atomic mass is 32.2. The van der Waals surface area contributed by atoms with Crippen LogP contribution in [0, 0.1) is 28.9 Å². The monoisotopic (exact) mass is 473 g/mol. The molecule has 0 aliphatic carbocycles. The number of furan rings is 1. The third-order valence-electron chi connectivity index (χ3n) is 4.36. The summed E-state index contributed by atoms with van der Waals surface area (Å²) < 4.78 is 61.6. The van der Waals surface area contributed by atoms with Gasteiger partial charge in [0.2, 0.25) is 12.1 Å². The fourth-order valence-electron chi connectivity index (χ4n) is 3.03. The highest BCUT2D eigenvalue weighted by molar-refractivity contribution is 7.77. The summed E-state index contributed by atoms with van der Waals surface area (Å²) in [5.74, 6) is -1.86. The molecule has 168 valence electrons. The predicted octanol–water partition coefficient (Wildman–Crippen LogP) is 5.33. The van der Waals surface area contributed by atoms with Crippen LogP contribution in [0.4, 0.5) is 24.8 Å². The van der Waals surface area contributed by atoms with Gasteiger partial charge in [0, 0.05) is 11.3 Å². The molecule has 0 saturated carbocycles. The van der Waals surface area contributed by atoms with E-state index in [1.54, 1.807) is 12.3 Å². The maximum absolute atomic E-state index is 14.5. The van der Waals surface area contributed by atoms with E-state index >= 15 is 0 Å². The van der Waals surface area contributed by atoms with Crippen molar-refractivity contribution in [2.75, 3.05) is 12.4 Å². The maximum Gasteiger partial charge on any atom is 0.227 e. The van der Waals surface area contributed by atoms with Crippen LogP contribution in [-0.4, -0.2) is 17.1 Å². The first-order chi connectivity index (χ1) is 16.0. The van der Waals surface area contributed by atoms with Gasteiger partial charge in [0.15, 0.2) is 17.1 Å². The summed E-state index contributed by atoms with van der Waals surface area (Å²) in [5.41, 5.74) is 0.941. The van der Waals surface area contributed by atoms with Crippen molar-refractivity contribution in [1.82, 2.24) is 9.97 Å². The second kappa shape index (κ2) is 9.78. The van der Waals surface area contributed by atoms with Crippen LogP contribution < -0.4 is 5.32 Å². The van der Waals surface area contributed by atoms with Crippen molar-refractivity contribution >= 4 is 33.9 Å². The number of anilines is 2. The van der Waals surface area contributed by atoms with E-state index in [9.17, 15) is 13.2 Å². The Balaban J connectivity index is 1.62. The van der Waals surface area contributed by atoms with Gasteiger partial charge in [-0.15, -0.1) is 0 Å². The van der Waals surface area contributed by atoms with E-state index in [1.807, 2.05) is 0 Å². The lowest BCUT2D eigenvalue weighted by Crippen LogP contribution is -2.03. The van der Waals surface area contributed by atoms with Gasteiger partial charge in [-0.3, -0.25) is 8.37 Å². The van der Waals surface area contributed by atoms with Gasteiger partial charge < -0.3 is 9.73 Å². The zero-order chi connectivity index (χ0) is 23.4. The molecule has 12 heteroatoms. The van der Waals surface area contributed by atoms with E-state index in [0.717, 1.165) is 6.20 Å². The minimum absolute atomic E-state index is 0.0241. The molecule has 0 fully saturated rings. The molecule has 0 aliphatic heterocycles. The van der Waals surface area contributed by atoms with Crippen LogP contribution in [0.5, 0.6) is 0 Å². The molecule has 2 heterocycles. The van der Waals surface area contributed by atoms with Crippen LogP contribution >= 0.6 is 0 Å². The topological polar surface area (TPSA) is 106 Å². The van der Waals surface area contributed by atoms with Crippen LogP contribution in [0.25, 0.3) is 22.2 Å². The average Bonchev–Trinajstić information content (AvgIpc) is 3.29. The molecule has 4 aromatic rings. The van der Waals surface area contributed by atoms with E-state index < -0.39 is 28.7 Å². The van der Waals surface area contributed by atoms with Gasteiger partial charge in [0.05, 0.1) is 31.6 Å². The van der Waals surface area contributed by atoms with Gasteiger partial charge in [-0.25, -0.2) is 23.1 Å². The molecule has 0 aliphatic rings. The van der Waals surface area contributed by atoms with Crippen molar-refractivity contribution < 1.29 is 26.0 Å².